The van der Waals surface area contributed by atoms with E-state index in [9.17, 15) is 4.79 Å². The highest BCUT2D eigenvalue weighted by molar-refractivity contribution is 5.81. The van der Waals surface area contributed by atoms with Gasteiger partial charge in [0.05, 0.1) is 19.3 Å². The minimum Gasteiger partial charge on any atom is -0.463 e. The van der Waals surface area contributed by atoms with E-state index < -0.39 is 5.79 Å². The summed E-state index contributed by atoms with van der Waals surface area (Å²) in [7, 11) is 0. The first-order chi connectivity index (χ1) is 7.98. The van der Waals surface area contributed by atoms with Gasteiger partial charge in [0.2, 0.25) is 0 Å². The fourth-order valence-corrected chi connectivity index (χ4v) is 1.75. The van der Waals surface area contributed by atoms with Crippen LogP contribution in [0.1, 0.15) is 27.2 Å². The van der Waals surface area contributed by atoms with Gasteiger partial charge in [0.25, 0.3) is 0 Å². The topological polar surface area (TPSA) is 65.0 Å². The highest BCUT2D eigenvalue weighted by Gasteiger charge is 2.39. The molecule has 1 saturated heterocycles. The van der Waals surface area contributed by atoms with Crippen LogP contribution in [-0.2, 0) is 19.0 Å². The number of hydrogen-bond donors (Lipinski definition) is 1. The summed E-state index contributed by atoms with van der Waals surface area (Å²) in [5.74, 6) is -1.05. The molecule has 1 N–H and O–H groups in total. The van der Waals surface area contributed by atoms with Crippen molar-refractivity contribution in [1.82, 2.24) is 0 Å². The van der Waals surface area contributed by atoms with Gasteiger partial charge in [-0.25, -0.2) is 4.79 Å². The molecule has 17 heavy (non-hydrogen) atoms. The molecule has 0 spiro atoms. The average molecular weight is 244 g/mol. The Labute approximate surface area is 101 Å². The standard InChI is InChI=1S/C12H20O5/c1-4-15-11(14)7-5-6-9-10(8-13)17-12(2,3)16-9/h5,7,9-10,13H,4,6,8H2,1-3H3/t9-,10+/m0/s1. The van der Waals surface area contributed by atoms with E-state index in [0.29, 0.717) is 13.0 Å². The molecule has 1 aliphatic heterocycles. The number of esters is 1. The molecule has 0 unspecified atom stereocenters. The second kappa shape index (κ2) is 6.14. The van der Waals surface area contributed by atoms with Gasteiger partial charge >= 0.3 is 5.97 Å². The van der Waals surface area contributed by atoms with Gasteiger partial charge in [-0.3, -0.25) is 0 Å². The smallest absolute Gasteiger partial charge is 0.330 e. The molecule has 1 aliphatic rings. The Morgan fingerprint density at radius 1 is 1.41 bits per heavy atom. The molecule has 0 radical (unpaired) electrons. The first-order valence-electron chi connectivity index (χ1n) is 5.78. The lowest BCUT2D eigenvalue weighted by Crippen LogP contribution is -2.25. The quantitative estimate of drug-likeness (QED) is 0.577. The van der Waals surface area contributed by atoms with Crippen molar-refractivity contribution < 1.29 is 24.1 Å². The molecule has 0 aromatic heterocycles. The molecule has 0 aromatic carbocycles. The maximum absolute atomic E-state index is 11.1. The van der Waals surface area contributed by atoms with Gasteiger partial charge in [0.1, 0.15) is 6.10 Å². The predicted molar refractivity (Wildman–Crippen MR) is 61.3 cm³/mol. The molecular weight excluding hydrogens is 224 g/mol. The summed E-state index contributed by atoms with van der Waals surface area (Å²) >= 11 is 0. The Balaban J connectivity index is 2.43. The highest BCUT2D eigenvalue weighted by Crippen LogP contribution is 2.29. The van der Waals surface area contributed by atoms with Crippen molar-refractivity contribution in [1.29, 1.82) is 0 Å². The lowest BCUT2D eigenvalue weighted by Gasteiger charge is -2.16. The van der Waals surface area contributed by atoms with Gasteiger partial charge in [0.15, 0.2) is 5.79 Å². The molecule has 0 aliphatic carbocycles. The van der Waals surface area contributed by atoms with Crippen LogP contribution in [0.2, 0.25) is 0 Å². The molecular formula is C12H20O5. The average Bonchev–Trinajstić information content (AvgIpc) is 2.54. The lowest BCUT2D eigenvalue weighted by atomic mass is 10.1. The van der Waals surface area contributed by atoms with Crippen molar-refractivity contribution in [3.63, 3.8) is 0 Å². The van der Waals surface area contributed by atoms with Crippen LogP contribution >= 0.6 is 0 Å². The molecule has 0 aromatic rings. The minimum atomic E-state index is -0.685. The Morgan fingerprint density at radius 3 is 2.65 bits per heavy atom. The molecule has 98 valence electrons. The minimum absolute atomic E-state index is 0.0959. The molecule has 5 nitrogen and oxygen atoms in total. The molecule has 1 rings (SSSR count). The third kappa shape index (κ3) is 4.46. The molecule has 1 heterocycles. The first-order valence-corrected chi connectivity index (χ1v) is 5.78. The van der Waals surface area contributed by atoms with Crippen LogP contribution in [0, 0.1) is 0 Å². The van der Waals surface area contributed by atoms with E-state index in [2.05, 4.69) is 0 Å². The second-order valence-corrected chi connectivity index (χ2v) is 4.29. The summed E-state index contributed by atoms with van der Waals surface area (Å²) in [5.41, 5.74) is 0. The number of carbonyl (C=O) groups is 1. The fourth-order valence-electron chi connectivity index (χ4n) is 1.75. The van der Waals surface area contributed by atoms with E-state index >= 15 is 0 Å². The largest absolute Gasteiger partial charge is 0.463 e. The van der Waals surface area contributed by atoms with Gasteiger partial charge in [-0.05, 0) is 27.2 Å². The maximum atomic E-state index is 11.1. The Kier molecular flexibility index (Phi) is 5.11. The zero-order chi connectivity index (χ0) is 12.9. The molecule has 1 fully saturated rings. The van der Waals surface area contributed by atoms with Gasteiger partial charge in [0, 0.05) is 6.08 Å². The Bertz CT molecular complexity index is 285. The molecule has 2 atom stereocenters. The molecule has 5 heteroatoms. The zero-order valence-corrected chi connectivity index (χ0v) is 10.5. The normalized spacial score (nSPS) is 27.5. The van der Waals surface area contributed by atoms with Crippen LogP contribution in [-0.4, -0.2) is 42.3 Å². The van der Waals surface area contributed by atoms with E-state index in [-0.39, 0.29) is 24.8 Å². The van der Waals surface area contributed by atoms with E-state index in [1.54, 1.807) is 26.8 Å². The summed E-state index contributed by atoms with van der Waals surface area (Å²) in [6.45, 7) is 5.61. The van der Waals surface area contributed by atoms with Gasteiger partial charge in [-0.2, -0.15) is 0 Å². The van der Waals surface area contributed by atoms with Crippen molar-refractivity contribution in [2.75, 3.05) is 13.2 Å². The third-order valence-corrected chi connectivity index (χ3v) is 2.37. The number of ether oxygens (including phenoxy) is 3. The zero-order valence-electron chi connectivity index (χ0n) is 10.5. The predicted octanol–water partition coefficient (Wildman–Crippen LogP) is 1.01. The summed E-state index contributed by atoms with van der Waals surface area (Å²) in [6, 6.07) is 0. The summed E-state index contributed by atoms with van der Waals surface area (Å²) in [5, 5.41) is 9.14. The van der Waals surface area contributed by atoms with Crippen molar-refractivity contribution in [3.8, 4) is 0 Å². The van der Waals surface area contributed by atoms with E-state index in [4.69, 9.17) is 19.3 Å². The van der Waals surface area contributed by atoms with Crippen molar-refractivity contribution >= 4 is 5.97 Å². The van der Waals surface area contributed by atoms with Crippen LogP contribution in [0.3, 0.4) is 0 Å². The Morgan fingerprint density at radius 2 is 2.06 bits per heavy atom. The lowest BCUT2D eigenvalue weighted by molar-refractivity contribution is -0.148. The third-order valence-electron chi connectivity index (χ3n) is 2.37. The second-order valence-electron chi connectivity index (χ2n) is 4.29. The molecule has 0 amide bonds. The summed E-state index contributed by atoms with van der Waals surface area (Å²) in [4.78, 5) is 11.1. The van der Waals surface area contributed by atoms with Crippen LogP contribution in [0.5, 0.6) is 0 Å². The fraction of sp³-hybridized carbons (Fsp3) is 0.750. The SMILES string of the molecule is CCOC(=O)C=CC[C@@H]1OC(C)(C)O[C@@H]1CO. The van der Waals surface area contributed by atoms with Crippen LogP contribution in [0.25, 0.3) is 0 Å². The summed E-state index contributed by atoms with van der Waals surface area (Å²) in [6.07, 6.45) is 2.97. The molecule has 0 saturated carbocycles. The molecule has 0 bridgehead atoms. The monoisotopic (exact) mass is 244 g/mol. The van der Waals surface area contributed by atoms with E-state index in [0.717, 1.165) is 0 Å². The van der Waals surface area contributed by atoms with Crippen LogP contribution in [0.4, 0.5) is 0 Å². The number of hydrogen-bond acceptors (Lipinski definition) is 5. The number of carbonyl (C=O) groups excluding carboxylic acids is 1. The number of aliphatic hydroxyl groups is 1. The van der Waals surface area contributed by atoms with E-state index in [1.807, 2.05) is 0 Å². The van der Waals surface area contributed by atoms with Gasteiger partial charge in [-0.1, -0.05) is 6.08 Å². The van der Waals surface area contributed by atoms with Crippen molar-refractivity contribution in [2.24, 2.45) is 0 Å². The van der Waals surface area contributed by atoms with Crippen molar-refractivity contribution in [3.05, 3.63) is 12.2 Å². The van der Waals surface area contributed by atoms with Crippen molar-refractivity contribution in [2.45, 2.75) is 45.2 Å². The van der Waals surface area contributed by atoms with Gasteiger partial charge in [-0.15, -0.1) is 0 Å². The highest BCUT2D eigenvalue weighted by atomic mass is 16.8. The van der Waals surface area contributed by atoms with Crippen LogP contribution < -0.4 is 0 Å². The summed E-state index contributed by atoms with van der Waals surface area (Å²) < 4.78 is 15.9. The van der Waals surface area contributed by atoms with E-state index in [1.165, 1.54) is 6.08 Å². The Hall–Kier alpha value is -0.910. The van der Waals surface area contributed by atoms with Crippen LogP contribution in [0.15, 0.2) is 12.2 Å². The number of aliphatic hydroxyl groups excluding tert-OH is 1. The maximum Gasteiger partial charge on any atom is 0.330 e. The first kappa shape index (κ1) is 14.2. The van der Waals surface area contributed by atoms with Gasteiger partial charge < -0.3 is 19.3 Å². The number of rotatable bonds is 5.